The van der Waals surface area contributed by atoms with Crippen LogP contribution in [0.15, 0.2) is 197 Å². The highest BCUT2D eigenvalue weighted by Gasteiger charge is 2.47. The predicted octanol–water partition coefficient (Wildman–Crippen LogP) is 13.3. The van der Waals surface area contributed by atoms with Crippen molar-refractivity contribution in [1.29, 1.82) is 0 Å². The first kappa shape index (κ1) is 28.9. The molecule has 0 aliphatic heterocycles. The number of para-hydroxylation sites is 3. The monoisotopic (exact) mass is 665 g/mol. The minimum atomic E-state index is -0.553. The quantitative estimate of drug-likeness (QED) is 0.183. The first-order valence-corrected chi connectivity index (χ1v) is 17.8. The summed E-state index contributed by atoms with van der Waals surface area (Å²) in [5.74, 6) is 0. The molecule has 52 heavy (non-hydrogen) atoms. The van der Waals surface area contributed by atoms with Gasteiger partial charge in [0.2, 0.25) is 0 Å². The lowest BCUT2D eigenvalue weighted by molar-refractivity contribution is 0.648. The van der Waals surface area contributed by atoms with E-state index < -0.39 is 5.41 Å². The van der Waals surface area contributed by atoms with Gasteiger partial charge in [-0.2, -0.15) is 0 Å². The van der Waals surface area contributed by atoms with Crippen molar-refractivity contribution in [3.05, 3.63) is 210 Å². The molecule has 244 valence electrons. The van der Waals surface area contributed by atoms with Crippen LogP contribution in [0, 0.1) is 0 Å². The number of benzene rings is 8. The van der Waals surface area contributed by atoms with E-state index >= 15 is 0 Å². The Morgan fingerprint density at radius 3 is 1.58 bits per heavy atom. The molecule has 0 spiro atoms. The van der Waals surface area contributed by atoms with Crippen molar-refractivity contribution in [2.24, 2.45) is 0 Å². The molecule has 0 saturated carbocycles. The second kappa shape index (κ2) is 11.1. The summed E-state index contributed by atoms with van der Waals surface area (Å²) in [6.45, 7) is 0. The van der Waals surface area contributed by atoms with E-state index in [1.54, 1.807) is 0 Å². The van der Waals surface area contributed by atoms with Gasteiger partial charge in [0, 0.05) is 56.3 Å². The predicted molar refractivity (Wildman–Crippen MR) is 213 cm³/mol. The highest BCUT2D eigenvalue weighted by atomic mass is 16.3. The third kappa shape index (κ3) is 4.02. The highest BCUT2D eigenvalue weighted by molar-refractivity contribution is 6.09. The molecular formula is C49H31NO2. The molecule has 10 aromatic rings. The highest BCUT2D eigenvalue weighted by Crippen LogP contribution is 2.57. The van der Waals surface area contributed by atoms with Crippen LogP contribution >= 0.6 is 0 Å². The summed E-state index contributed by atoms with van der Waals surface area (Å²) >= 11 is 0. The molecule has 3 nitrogen and oxygen atoms in total. The second-order valence-corrected chi connectivity index (χ2v) is 13.6. The Bertz CT molecular complexity index is 2930. The number of hydrogen-bond acceptors (Lipinski definition) is 3. The van der Waals surface area contributed by atoms with Crippen LogP contribution in [-0.2, 0) is 5.41 Å². The van der Waals surface area contributed by atoms with Crippen molar-refractivity contribution in [2.75, 3.05) is 4.90 Å². The summed E-state index contributed by atoms with van der Waals surface area (Å²) in [5, 5.41) is 4.42. The molecule has 1 aliphatic carbocycles. The molecule has 0 saturated heterocycles. The third-order valence-electron chi connectivity index (χ3n) is 10.9. The molecule has 1 aliphatic rings. The topological polar surface area (TPSA) is 29.5 Å². The van der Waals surface area contributed by atoms with Crippen molar-refractivity contribution in [3.63, 3.8) is 0 Å². The summed E-state index contributed by atoms with van der Waals surface area (Å²) < 4.78 is 13.4. The van der Waals surface area contributed by atoms with E-state index in [4.69, 9.17) is 8.83 Å². The van der Waals surface area contributed by atoms with E-state index in [1.807, 2.05) is 12.1 Å². The van der Waals surface area contributed by atoms with Crippen LogP contribution in [0.4, 0.5) is 17.1 Å². The molecule has 0 radical (unpaired) electrons. The molecule has 0 N–H and O–H groups in total. The summed E-state index contributed by atoms with van der Waals surface area (Å²) in [6, 6.07) is 67.0. The Kier molecular flexibility index (Phi) is 6.17. The van der Waals surface area contributed by atoms with Gasteiger partial charge in [0.05, 0.1) is 5.41 Å². The van der Waals surface area contributed by atoms with Gasteiger partial charge in [-0.1, -0.05) is 133 Å². The second-order valence-electron chi connectivity index (χ2n) is 13.6. The molecule has 0 amide bonds. The molecule has 0 unspecified atom stereocenters. The van der Waals surface area contributed by atoms with Gasteiger partial charge in [0.25, 0.3) is 0 Å². The van der Waals surface area contributed by atoms with Crippen molar-refractivity contribution in [2.45, 2.75) is 5.41 Å². The molecule has 0 fully saturated rings. The Labute approximate surface area is 300 Å². The summed E-state index contributed by atoms with van der Waals surface area (Å²) in [5.41, 5.74) is 13.4. The molecule has 2 aromatic heterocycles. The van der Waals surface area contributed by atoms with E-state index in [2.05, 4.69) is 181 Å². The van der Waals surface area contributed by atoms with Crippen molar-refractivity contribution < 1.29 is 8.83 Å². The van der Waals surface area contributed by atoms with Gasteiger partial charge >= 0.3 is 0 Å². The van der Waals surface area contributed by atoms with Crippen LogP contribution < -0.4 is 4.90 Å². The number of anilines is 3. The first-order valence-electron chi connectivity index (χ1n) is 17.8. The number of fused-ring (bicyclic) bond motifs is 9. The number of hydrogen-bond donors (Lipinski definition) is 0. The molecule has 8 aromatic carbocycles. The fourth-order valence-corrected chi connectivity index (χ4v) is 8.78. The molecule has 0 bridgehead atoms. The SMILES string of the molecule is c1ccc(N(c2ccc3c(c2)oc2ccccc23)c2ccc3c(c2)oc2c(C4(c5ccccc5)c5ccccc5-c5ccccc54)cccc23)cc1. The maximum Gasteiger partial charge on any atom is 0.140 e. The van der Waals surface area contributed by atoms with Crippen LogP contribution in [0.1, 0.15) is 22.3 Å². The zero-order valence-electron chi connectivity index (χ0n) is 28.2. The Hall–Kier alpha value is -6.84. The molecule has 2 heterocycles. The average Bonchev–Trinajstić information content (AvgIpc) is 3.87. The fraction of sp³-hybridized carbons (Fsp3) is 0.0204. The van der Waals surface area contributed by atoms with Gasteiger partial charge in [-0.05, 0) is 70.3 Å². The van der Waals surface area contributed by atoms with Crippen LogP contribution in [0.2, 0.25) is 0 Å². The lowest BCUT2D eigenvalue weighted by Crippen LogP contribution is -2.28. The summed E-state index contributed by atoms with van der Waals surface area (Å²) in [6.07, 6.45) is 0. The Morgan fingerprint density at radius 1 is 0.346 bits per heavy atom. The van der Waals surface area contributed by atoms with E-state index in [0.29, 0.717) is 0 Å². The maximum atomic E-state index is 7.10. The Morgan fingerprint density at radius 2 is 0.865 bits per heavy atom. The van der Waals surface area contributed by atoms with Crippen LogP contribution in [0.3, 0.4) is 0 Å². The lowest BCUT2D eigenvalue weighted by Gasteiger charge is -2.33. The lowest BCUT2D eigenvalue weighted by atomic mass is 9.67. The van der Waals surface area contributed by atoms with E-state index in [0.717, 1.165) is 66.5 Å². The normalized spacial score (nSPS) is 13.2. The van der Waals surface area contributed by atoms with Crippen molar-refractivity contribution >= 4 is 60.9 Å². The smallest absolute Gasteiger partial charge is 0.140 e. The number of nitrogens with zero attached hydrogens (tertiary/aromatic N) is 1. The van der Waals surface area contributed by atoms with Gasteiger partial charge in [-0.25, -0.2) is 0 Å². The summed E-state index contributed by atoms with van der Waals surface area (Å²) in [7, 11) is 0. The van der Waals surface area contributed by atoms with E-state index in [1.165, 1.54) is 27.8 Å². The maximum absolute atomic E-state index is 7.10. The van der Waals surface area contributed by atoms with E-state index in [-0.39, 0.29) is 0 Å². The molecule has 3 heteroatoms. The van der Waals surface area contributed by atoms with Crippen LogP contribution in [0.25, 0.3) is 55.0 Å². The molecule has 11 rings (SSSR count). The summed E-state index contributed by atoms with van der Waals surface area (Å²) in [4.78, 5) is 2.27. The van der Waals surface area contributed by atoms with Gasteiger partial charge in [0.15, 0.2) is 0 Å². The van der Waals surface area contributed by atoms with Crippen molar-refractivity contribution in [1.82, 2.24) is 0 Å². The fourth-order valence-electron chi connectivity index (χ4n) is 8.78. The van der Waals surface area contributed by atoms with Gasteiger partial charge in [0.1, 0.15) is 22.3 Å². The minimum absolute atomic E-state index is 0.553. The molecule has 0 atom stereocenters. The standard InChI is InChI=1S/C49H31NO2/c1-3-14-32(15-4-1)49(42-22-10-7-18-36(42)37-19-8-11-23-43(37)49)44-24-13-21-41-40-29-27-35(31-47(40)52-48(41)44)50(33-16-5-2-6-17-33)34-26-28-39-38-20-9-12-25-45(38)51-46(39)30-34/h1-31H. The zero-order valence-corrected chi connectivity index (χ0v) is 28.2. The largest absolute Gasteiger partial charge is 0.456 e. The van der Waals surface area contributed by atoms with Gasteiger partial charge in [-0.3, -0.25) is 0 Å². The van der Waals surface area contributed by atoms with Crippen LogP contribution in [-0.4, -0.2) is 0 Å². The van der Waals surface area contributed by atoms with Crippen LogP contribution in [0.5, 0.6) is 0 Å². The number of rotatable bonds is 5. The average molecular weight is 666 g/mol. The molecular weight excluding hydrogens is 635 g/mol. The zero-order chi connectivity index (χ0) is 34.2. The van der Waals surface area contributed by atoms with Crippen molar-refractivity contribution in [3.8, 4) is 11.1 Å². The third-order valence-corrected chi connectivity index (χ3v) is 10.9. The Balaban J connectivity index is 1.14. The number of furan rings is 2. The minimum Gasteiger partial charge on any atom is -0.456 e. The van der Waals surface area contributed by atoms with Gasteiger partial charge in [-0.15, -0.1) is 0 Å². The van der Waals surface area contributed by atoms with Gasteiger partial charge < -0.3 is 13.7 Å². The first-order chi connectivity index (χ1) is 25.8. The van der Waals surface area contributed by atoms with E-state index in [9.17, 15) is 0 Å².